The van der Waals surface area contributed by atoms with Gasteiger partial charge in [0, 0.05) is 23.1 Å². The van der Waals surface area contributed by atoms with E-state index in [0.29, 0.717) is 13.2 Å². The number of nitrogens with one attached hydrogen (secondary N) is 1. The Hall–Kier alpha value is -1.36. The smallest absolute Gasteiger partial charge is 0.261 e. The van der Waals surface area contributed by atoms with Crippen molar-refractivity contribution in [1.82, 2.24) is 4.31 Å². The minimum atomic E-state index is -3.99. The molecule has 0 spiro atoms. The number of halogens is 2. The second-order valence-corrected chi connectivity index (χ2v) is 10.2. The Morgan fingerprint density at radius 1 is 0.889 bits per heavy atom. The number of benzene rings is 2. The van der Waals surface area contributed by atoms with Gasteiger partial charge in [-0.25, -0.2) is 16.8 Å². The van der Waals surface area contributed by atoms with E-state index in [1.165, 1.54) is 46.8 Å². The third kappa shape index (κ3) is 4.74. The molecule has 1 N–H and O–H groups in total. The van der Waals surface area contributed by atoms with Crippen molar-refractivity contribution in [3.05, 3.63) is 52.5 Å². The Kier molecular flexibility index (Phi) is 5.99. The molecule has 2 aromatic carbocycles. The van der Waals surface area contributed by atoms with Crippen LogP contribution in [0.2, 0.25) is 10.0 Å². The van der Waals surface area contributed by atoms with Crippen LogP contribution in [-0.2, 0) is 24.8 Å². The summed E-state index contributed by atoms with van der Waals surface area (Å²) in [6, 6.07) is 9.54. The van der Waals surface area contributed by atoms with Crippen LogP contribution < -0.4 is 4.72 Å². The number of ether oxygens (including phenoxy) is 1. The quantitative estimate of drug-likeness (QED) is 0.755. The van der Waals surface area contributed by atoms with E-state index >= 15 is 0 Å². The molecule has 1 heterocycles. The Bertz CT molecular complexity index is 1030. The summed E-state index contributed by atoms with van der Waals surface area (Å²) in [6.45, 7) is 1.14. The van der Waals surface area contributed by atoms with Gasteiger partial charge in [-0.3, -0.25) is 4.72 Å². The predicted molar refractivity (Wildman–Crippen MR) is 103 cm³/mol. The highest BCUT2D eigenvalue weighted by Gasteiger charge is 2.27. The second kappa shape index (κ2) is 7.94. The van der Waals surface area contributed by atoms with Crippen LogP contribution in [0.25, 0.3) is 0 Å². The first-order chi connectivity index (χ1) is 12.7. The molecule has 0 aliphatic carbocycles. The van der Waals surface area contributed by atoms with Crippen molar-refractivity contribution in [2.24, 2.45) is 0 Å². The molecular weight excluding hydrogens is 435 g/mol. The fraction of sp³-hybridized carbons (Fsp3) is 0.250. The van der Waals surface area contributed by atoms with Crippen molar-refractivity contribution >= 4 is 48.9 Å². The van der Waals surface area contributed by atoms with E-state index in [2.05, 4.69) is 4.72 Å². The standard InChI is InChI=1S/C16H16Cl2N2O5S2/c17-12-8-13(18)10-16(9-12)26(21,22)19-14-2-1-3-15(11-14)27(23,24)20-4-6-25-7-5-20/h1-3,8-11,19H,4-7H2. The molecule has 0 aromatic heterocycles. The number of rotatable bonds is 5. The fourth-order valence-corrected chi connectivity index (χ4v) is 5.78. The van der Waals surface area contributed by atoms with Gasteiger partial charge in [0.2, 0.25) is 10.0 Å². The minimum absolute atomic E-state index is 0.00581. The first kappa shape index (κ1) is 20.4. The molecular formula is C16H16Cl2N2O5S2. The topological polar surface area (TPSA) is 92.8 Å². The molecule has 0 bridgehead atoms. The van der Waals surface area contributed by atoms with Gasteiger partial charge in [0.15, 0.2) is 0 Å². The molecule has 27 heavy (non-hydrogen) atoms. The Balaban J connectivity index is 1.89. The van der Waals surface area contributed by atoms with Crippen molar-refractivity contribution < 1.29 is 21.6 Å². The number of anilines is 1. The third-order valence-corrected chi connectivity index (χ3v) is 7.53. The van der Waals surface area contributed by atoms with Crippen molar-refractivity contribution in [3.63, 3.8) is 0 Å². The molecule has 0 radical (unpaired) electrons. The van der Waals surface area contributed by atoms with Gasteiger partial charge in [0.05, 0.1) is 28.7 Å². The molecule has 0 saturated carbocycles. The van der Waals surface area contributed by atoms with Crippen LogP contribution in [0, 0.1) is 0 Å². The van der Waals surface area contributed by atoms with Gasteiger partial charge in [0.25, 0.3) is 10.0 Å². The van der Waals surface area contributed by atoms with Crippen LogP contribution >= 0.6 is 23.2 Å². The number of sulfonamides is 2. The number of hydrogen-bond acceptors (Lipinski definition) is 5. The minimum Gasteiger partial charge on any atom is -0.379 e. The summed E-state index contributed by atoms with van der Waals surface area (Å²) in [7, 11) is -7.73. The monoisotopic (exact) mass is 450 g/mol. The highest BCUT2D eigenvalue weighted by Crippen LogP contribution is 2.26. The van der Waals surface area contributed by atoms with E-state index in [-0.39, 0.29) is 38.6 Å². The van der Waals surface area contributed by atoms with E-state index in [9.17, 15) is 16.8 Å². The van der Waals surface area contributed by atoms with Crippen LogP contribution in [-0.4, -0.2) is 47.4 Å². The lowest BCUT2D eigenvalue weighted by Gasteiger charge is -2.26. The lowest BCUT2D eigenvalue weighted by Crippen LogP contribution is -2.40. The second-order valence-electron chi connectivity index (χ2n) is 5.75. The summed E-state index contributed by atoms with van der Waals surface area (Å²) in [5.41, 5.74) is 0.112. The molecule has 146 valence electrons. The molecule has 2 aromatic rings. The van der Waals surface area contributed by atoms with Crippen LogP contribution in [0.3, 0.4) is 0 Å². The molecule has 0 unspecified atom stereocenters. The van der Waals surface area contributed by atoms with Gasteiger partial charge in [0.1, 0.15) is 0 Å². The average molecular weight is 451 g/mol. The zero-order valence-corrected chi connectivity index (χ0v) is 17.1. The van der Waals surface area contributed by atoms with Crippen molar-refractivity contribution in [2.45, 2.75) is 9.79 Å². The lowest BCUT2D eigenvalue weighted by atomic mass is 10.3. The van der Waals surface area contributed by atoms with Crippen molar-refractivity contribution in [2.75, 3.05) is 31.0 Å². The normalized spacial score (nSPS) is 16.2. The van der Waals surface area contributed by atoms with E-state index in [4.69, 9.17) is 27.9 Å². The SMILES string of the molecule is O=S(=O)(Nc1cccc(S(=O)(=O)N2CCOCC2)c1)c1cc(Cl)cc(Cl)c1. The molecule has 1 aliphatic rings. The summed E-state index contributed by atoms with van der Waals surface area (Å²) in [6.07, 6.45) is 0. The first-order valence-electron chi connectivity index (χ1n) is 7.85. The maximum absolute atomic E-state index is 12.7. The summed E-state index contributed by atoms with van der Waals surface area (Å²) in [5.74, 6) is 0. The summed E-state index contributed by atoms with van der Waals surface area (Å²) in [5, 5.41) is 0.345. The van der Waals surface area contributed by atoms with Gasteiger partial charge in [-0.15, -0.1) is 0 Å². The maximum Gasteiger partial charge on any atom is 0.261 e. The van der Waals surface area contributed by atoms with Gasteiger partial charge in [-0.1, -0.05) is 29.3 Å². The molecule has 1 saturated heterocycles. The average Bonchev–Trinajstić information content (AvgIpc) is 2.61. The van der Waals surface area contributed by atoms with Crippen LogP contribution in [0.1, 0.15) is 0 Å². The van der Waals surface area contributed by atoms with Crippen molar-refractivity contribution in [3.8, 4) is 0 Å². The van der Waals surface area contributed by atoms with Gasteiger partial charge >= 0.3 is 0 Å². The van der Waals surface area contributed by atoms with Gasteiger partial charge < -0.3 is 4.74 Å². The molecule has 3 rings (SSSR count). The Morgan fingerprint density at radius 3 is 2.15 bits per heavy atom. The van der Waals surface area contributed by atoms with Crippen LogP contribution in [0.5, 0.6) is 0 Å². The Labute approximate surface area is 167 Å². The summed E-state index contributed by atoms with van der Waals surface area (Å²) >= 11 is 11.7. The molecule has 0 amide bonds. The van der Waals surface area contributed by atoms with Gasteiger partial charge in [-0.05, 0) is 36.4 Å². The lowest BCUT2D eigenvalue weighted by molar-refractivity contribution is 0.0730. The van der Waals surface area contributed by atoms with Crippen LogP contribution in [0.4, 0.5) is 5.69 Å². The third-order valence-electron chi connectivity index (χ3n) is 3.84. The number of hydrogen-bond donors (Lipinski definition) is 1. The molecule has 1 fully saturated rings. The summed E-state index contributed by atoms with van der Waals surface area (Å²) in [4.78, 5) is -0.129. The first-order valence-corrected chi connectivity index (χ1v) is 11.5. The molecule has 1 aliphatic heterocycles. The molecule has 7 nitrogen and oxygen atoms in total. The zero-order valence-electron chi connectivity index (χ0n) is 13.9. The zero-order chi connectivity index (χ0) is 19.7. The van der Waals surface area contributed by atoms with Gasteiger partial charge in [-0.2, -0.15) is 4.31 Å². The largest absolute Gasteiger partial charge is 0.379 e. The van der Waals surface area contributed by atoms with E-state index in [1.54, 1.807) is 0 Å². The highest BCUT2D eigenvalue weighted by molar-refractivity contribution is 7.92. The Morgan fingerprint density at radius 2 is 1.52 bits per heavy atom. The van der Waals surface area contributed by atoms with Crippen molar-refractivity contribution in [1.29, 1.82) is 0 Å². The van der Waals surface area contributed by atoms with E-state index in [1.807, 2.05) is 0 Å². The summed E-state index contributed by atoms with van der Waals surface area (Å²) < 4.78 is 59.4. The number of nitrogens with zero attached hydrogens (tertiary/aromatic N) is 1. The number of morpholine rings is 1. The molecule has 11 heteroatoms. The molecule has 0 atom stereocenters. The highest BCUT2D eigenvalue weighted by atomic mass is 35.5. The van der Waals surface area contributed by atoms with E-state index < -0.39 is 20.0 Å². The fourth-order valence-electron chi connectivity index (χ4n) is 2.55. The van der Waals surface area contributed by atoms with Crippen LogP contribution in [0.15, 0.2) is 52.3 Å². The van der Waals surface area contributed by atoms with E-state index in [0.717, 1.165) is 0 Å². The predicted octanol–water partition coefficient (Wildman–Crippen LogP) is 2.82. The maximum atomic E-state index is 12.7.